The molecule has 0 saturated heterocycles. The van der Waals surface area contributed by atoms with Crippen molar-refractivity contribution in [1.29, 1.82) is 0 Å². The van der Waals surface area contributed by atoms with Crippen LogP contribution in [0.5, 0.6) is 0 Å². The molecule has 0 saturated carbocycles. The number of hydrogen-bond acceptors (Lipinski definition) is 5. The maximum Gasteiger partial charge on any atom is 0.270 e. The Morgan fingerprint density at radius 3 is 2.64 bits per heavy atom. The van der Waals surface area contributed by atoms with Gasteiger partial charge in [-0.3, -0.25) is 24.7 Å². The van der Waals surface area contributed by atoms with E-state index in [-0.39, 0.29) is 23.7 Å². The van der Waals surface area contributed by atoms with Gasteiger partial charge in [0.25, 0.3) is 11.6 Å². The summed E-state index contributed by atoms with van der Waals surface area (Å²) in [4.78, 5) is 38.9. The molecular formula is C20H18N4O4. The van der Waals surface area contributed by atoms with Crippen LogP contribution in [0.4, 0.5) is 5.69 Å². The number of aromatic nitrogens is 1. The lowest BCUT2D eigenvalue weighted by molar-refractivity contribution is -0.384. The fraction of sp³-hybridized carbons (Fsp3) is 0.150. The molecule has 1 heterocycles. The van der Waals surface area contributed by atoms with Crippen molar-refractivity contribution in [3.8, 4) is 0 Å². The molecule has 142 valence electrons. The second kappa shape index (κ2) is 8.26. The van der Waals surface area contributed by atoms with Crippen LogP contribution in [0, 0.1) is 17.0 Å². The van der Waals surface area contributed by atoms with Crippen molar-refractivity contribution in [3.05, 3.63) is 81.5 Å². The molecule has 0 spiro atoms. The molecule has 0 fully saturated rings. The van der Waals surface area contributed by atoms with Crippen molar-refractivity contribution in [1.82, 2.24) is 15.6 Å². The highest BCUT2D eigenvalue weighted by Gasteiger charge is 2.13. The number of carbonyl (C=O) groups is 2. The largest absolute Gasteiger partial charge is 0.350 e. The number of rotatable bonds is 6. The normalized spacial score (nSPS) is 10.5. The van der Waals surface area contributed by atoms with Gasteiger partial charge < -0.3 is 10.6 Å². The lowest BCUT2D eigenvalue weighted by Gasteiger charge is -2.10. The quantitative estimate of drug-likeness (QED) is 0.505. The highest BCUT2D eigenvalue weighted by molar-refractivity contribution is 5.97. The highest BCUT2D eigenvalue weighted by Crippen LogP contribution is 2.18. The molecule has 8 heteroatoms. The Kier molecular flexibility index (Phi) is 5.59. The zero-order chi connectivity index (χ0) is 20.1. The first kappa shape index (κ1) is 19.0. The Labute approximate surface area is 160 Å². The second-order valence-corrected chi connectivity index (χ2v) is 6.21. The predicted molar refractivity (Wildman–Crippen MR) is 104 cm³/mol. The second-order valence-electron chi connectivity index (χ2n) is 6.21. The summed E-state index contributed by atoms with van der Waals surface area (Å²) in [7, 11) is 0. The Bertz CT molecular complexity index is 1070. The zero-order valence-electron chi connectivity index (χ0n) is 15.1. The number of hydrogen-bond donors (Lipinski definition) is 2. The number of carbonyl (C=O) groups excluding carboxylic acids is 2. The van der Waals surface area contributed by atoms with Gasteiger partial charge in [0.2, 0.25) is 5.91 Å². The minimum atomic E-state index is -0.579. The fourth-order valence-electron chi connectivity index (χ4n) is 2.82. The number of fused-ring (bicyclic) bond motifs is 1. The monoisotopic (exact) mass is 378 g/mol. The molecule has 3 aromatic rings. The SMILES string of the molecule is Cc1cc(CNC(=O)CNC(=O)c2cccc([N+](=O)[O-])c2)c2ccccc2n1. The van der Waals surface area contributed by atoms with E-state index < -0.39 is 10.8 Å². The molecule has 1 aromatic heterocycles. The van der Waals surface area contributed by atoms with Gasteiger partial charge in [0, 0.05) is 35.3 Å². The standard InChI is InChI=1S/C20H18N4O4/c1-13-9-15(17-7-2-3-8-18(17)23-13)11-21-19(25)12-22-20(26)14-5-4-6-16(10-14)24(27)28/h2-10H,11-12H2,1H3,(H,21,25)(H,22,26). The molecule has 2 aromatic carbocycles. The third-order valence-corrected chi connectivity index (χ3v) is 4.13. The smallest absolute Gasteiger partial charge is 0.270 e. The molecule has 0 unspecified atom stereocenters. The van der Waals surface area contributed by atoms with Gasteiger partial charge in [-0.1, -0.05) is 24.3 Å². The summed E-state index contributed by atoms with van der Waals surface area (Å²) in [5.41, 5.74) is 2.57. The molecular weight excluding hydrogens is 360 g/mol. The van der Waals surface area contributed by atoms with E-state index >= 15 is 0 Å². The van der Waals surface area contributed by atoms with E-state index in [0.717, 1.165) is 22.2 Å². The molecule has 0 bridgehead atoms. The van der Waals surface area contributed by atoms with Crippen molar-refractivity contribution in [2.45, 2.75) is 13.5 Å². The van der Waals surface area contributed by atoms with Crippen LogP contribution in [-0.2, 0) is 11.3 Å². The predicted octanol–water partition coefficient (Wildman–Crippen LogP) is 2.50. The number of non-ortho nitro benzene ring substituents is 1. The van der Waals surface area contributed by atoms with Gasteiger partial charge in [-0.15, -0.1) is 0 Å². The number of pyridine rings is 1. The summed E-state index contributed by atoms with van der Waals surface area (Å²) in [6, 6.07) is 14.9. The summed E-state index contributed by atoms with van der Waals surface area (Å²) >= 11 is 0. The first-order valence-corrected chi connectivity index (χ1v) is 8.58. The Balaban J connectivity index is 1.59. The van der Waals surface area contributed by atoms with Crippen LogP contribution in [0.1, 0.15) is 21.6 Å². The third-order valence-electron chi connectivity index (χ3n) is 4.13. The molecule has 28 heavy (non-hydrogen) atoms. The van der Waals surface area contributed by atoms with Crippen LogP contribution < -0.4 is 10.6 Å². The third kappa shape index (κ3) is 4.47. The lowest BCUT2D eigenvalue weighted by atomic mass is 10.1. The molecule has 2 N–H and O–H groups in total. The molecule has 0 aliphatic heterocycles. The van der Waals surface area contributed by atoms with Crippen LogP contribution in [0.25, 0.3) is 10.9 Å². The summed E-state index contributed by atoms with van der Waals surface area (Å²) in [5.74, 6) is -0.915. The van der Waals surface area contributed by atoms with E-state index in [2.05, 4.69) is 15.6 Å². The number of amides is 2. The summed E-state index contributed by atoms with van der Waals surface area (Å²) in [6.07, 6.45) is 0. The van der Waals surface area contributed by atoms with E-state index in [4.69, 9.17) is 0 Å². The summed E-state index contributed by atoms with van der Waals surface area (Å²) < 4.78 is 0. The van der Waals surface area contributed by atoms with Gasteiger partial charge in [0.15, 0.2) is 0 Å². The number of nitrogens with one attached hydrogen (secondary N) is 2. The van der Waals surface area contributed by atoms with Crippen molar-refractivity contribution in [2.24, 2.45) is 0 Å². The molecule has 0 radical (unpaired) electrons. The van der Waals surface area contributed by atoms with Gasteiger partial charge in [-0.25, -0.2) is 0 Å². The van der Waals surface area contributed by atoms with Crippen LogP contribution in [0.15, 0.2) is 54.6 Å². The van der Waals surface area contributed by atoms with E-state index in [1.54, 1.807) is 0 Å². The molecule has 8 nitrogen and oxygen atoms in total. The minimum absolute atomic E-state index is 0.123. The van der Waals surface area contributed by atoms with Crippen molar-refractivity contribution in [3.63, 3.8) is 0 Å². The number of benzene rings is 2. The summed E-state index contributed by atoms with van der Waals surface area (Å²) in [6.45, 7) is 1.95. The number of aryl methyl sites for hydroxylation is 1. The summed E-state index contributed by atoms with van der Waals surface area (Å²) in [5, 5.41) is 17.0. The first-order chi connectivity index (χ1) is 13.4. The Morgan fingerprint density at radius 2 is 1.86 bits per heavy atom. The van der Waals surface area contributed by atoms with E-state index in [1.807, 2.05) is 37.3 Å². The topological polar surface area (TPSA) is 114 Å². The van der Waals surface area contributed by atoms with Crippen LogP contribution in [0.2, 0.25) is 0 Å². The van der Waals surface area contributed by atoms with Crippen molar-refractivity contribution in [2.75, 3.05) is 6.54 Å². The van der Waals surface area contributed by atoms with Gasteiger partial charge in [0.1, 0.15) is 0 Å². The molecule has 2 amide bonds. The van der Waals surface area contributed by atoms with E-state index in [9.17, 15) is 19.7 Å². The maximum atomic E-state index is 12.1. The van der Waals surface area contributed by atoms with Crippen LogP contribution in [-0.4, -0.2) is 28.3 Å². The number of nitro benzene ring substituents is 1. The minimum Gasteiger partial charge on any atom is -0.350 e. The molecule has 0 aliphatic carbocycles. The average molecular weight is 378 g/mol. The maximum absolute atomic E-state index is 12.1. The number of para-hydroxylation sites is 1. The van der Waals surface area contributed by atoms with Gasteiger partial charge in [-0.2, -0.15) is 0 Å². The molecule has 3 rings (SSSR count). The van der Waals surface area contributed by atoms with Crippen LogP contribution in [0.3, 0.4) is 0 Å². The number of nitro groups is 1. The molecule has 0 aliphatic rings. The molecule has 0 atom stereocenters. The Hall–Kier alpha value is -3.81. The van der Waals surface area contributed by atoms with Crippen molar-refractivity contribution >= 4 is 28.4 Å². The lowest BCUT2D eigenvalue weighted by Crippen LogP contribution is -2.36. The van der Waals surface area contributed by atoms with Crippen molar-refractivity contribution < 1.29 is 14.5 Å². The van der Waals surface area contributed by atoms with Gasteiger partial charge in [-0.05, 0) is 30.7 Å². The first-order valence-electron chi connectivity index (χ1n) is 8.58. The zero-order valence-corrected chi connectivity index (χ0v) is 15.1. The van der Waals surface area contributed by atoms with E-state index in [1.165, 1.54) is 24.3 Å². The van der Waals surface area contributed by atoms with Gasteiger partial charge >= 0.3 is 0 Å². The Morgan fingerprint density at radius 1 is 1.07 bits per heavy atom. The van der Waals surface area contributed by atoms with Gasteiger partial charge in [0.05, 0.1) is 17.0 Å². The highest BCUT2D eigenvalue weighted by atomic mass is 16.6. The van der Waals surface area contributed by atoms with Crippen LogP contribution >= 0.6 is 0 Å². The fourth-order valence-corrected chi connectivity index (χ4v) is 2.82. The number of nitrogens with zero attached hydrogens (tertiary/aromatic N) is 2. The van der Waals surface area contributed by atoms with E-state index in [0.29, 0.717) is 6.54 Å². The average Bonchev–Trinajstić information content (AvgIpc) is 2.70.